The molecule has 0 aromatic rings. The molecule has 1 atom stereocenters. The van der Waals surface area contributed by atoms with Crippen LogP contribution in [-0.4, -0.2) is 11.6 Å². The fourth-order valence-corrected chi connectivity index (χ4v) is 2.38. The van der Waals surface area contributed by atoms with Crippen molar-refractivity contribution in [2.45, 2.75) is 71.1 Å². The van der Waals surface area contributed by atoms with E-state index in [2.05, 4.69) is 6.92 Å². The first kappa shape index (κ1) is 13.4. The van der Waals surface area contributed by atoms with Gasteiger partial charge in [0.15, 0.2) is 0 Å². The molecule has 0 amide bonds. The minimum Gasteiger partial charge on any atom is -0.300 e. The largest absolute Gasteiger partial charge is 0.300 e. The Bertz CT molecular complexity index is 233. The van der Waals surface area contributed by atoms with Crippen LogP contribution in [-0.2, 0) is 9.59 Å². The number of ketones is 2. The van der Waals surface area contributed by atoms with Crippen molar-refractivity contribution in [3.63, 3.8) is 0 Å². The third-order valence-electron chi connectivity index (χ3n) is 3.49. The molecule has 1 aliphatic rings. The number of Topliss-reactive ketones (excluding diaryl/α,β-unsaturated/α-hetero) is 2. The van der Waals surface area contributed by atoms with Gasteiger partial charge in [0.25, 0.3) is 0 Å². The van der Waals surface area contributed by atoms with E-state index >= 15 is 0 Å². The first-order valence-corrected chi connectivity index (χ1v) is 6.75. The maximum atomic E-state index is 11.6. The van der Waals surface area contributed by atoms with Gasteiger partial charge in [0.2, 0.25) is 0 Å². The zero-order chi connectivity index (χ0) is 11.8. The van der Waals surface area contributed by atoms with Crippen molar-refractivity contribution in [1.29, 1.82) is 0 Å². The van der Waals surface area contributed by atoms with Gasteiger partial charge >= 0.3 is 0 Å². The van der Waals surface area contributed by atoms with E-state index in [9.17, 15) is 9.59 Å². The van der Waals surface area contributed by atoms with Crippen LogP contribution in [0.5, 0.6) is 0 Å². The van der Waals surface area contributed by atoms with Gasteiger partial charge in [-0.15, -0.1) is 0 Å². The normalized spacial score (nSPS) is 20.3. The number of carbonyl (C=O) groups is 2. The first-order valence-electron chi connectivity index (χ1n) is 6.75. The highest BCUT2D eigenvalue weighted by Gasteiger charge is 2.22. The smallest absolute Gasteiger partial charge is 0.133 e. The van der Waals surface area contributed by atoms with Gasteiger partial charge in [-0.25, -0.2) is 0 Å². The van der Waals surface area contributed by atoms with E-state index in [-0.39, 0.29) is 0 Å². The van der Waals surface area contributed by atoms with Gasteiger partial charge in [0.1, 0.15) is 11.6 Å². The van der Waals surface area contributed by atoms with Crippen LogP contribution < -0.4 is 0 Å². The molecule has 16 heavy (non-hydrogen) atoms. The summed E-state index contributed by atoms with van der Waals surface area (Å²) in [7, 11) is 0. The Morgan fingerprint density at radius 2 is 2.06 bits per heavy atom. The third-order valence-corrected chi connectivity index (χ3v) is 3.49. The highest BCUT2D eigenvalue weighted by Crippen LogP contribution is 2.26. The van der Waals surface area contributed by atoms with Crippen LogP contribution in [0, 0.1) is 5.92 Å². The quantitative estimate of drug-likeness (QED) is 0.589. The Labute approximate surface area is 98.8 Å². The SMILES string of the molecule is CCCCCCC(=O)CCC1CCC(=O)C1. The predicted molar refractivity (Wildman–Crippen MR) is 65.3 cm³/mol. The van der Waals surface area contributed by atoms with Crippen molar-refractivity contribution in [3.05, 3.63) is 0 Å². The number of unbranched alkanes of at least 4 members (excludes halogenated alkanes) is 3. The summed E-state index contributed by atoms with van der Waals surface area (Å²) in [6.45, 7) is 2.18. The maximum absolute atomic E-state index is 11.6. The molecule has 0 aliphatic heterocycles. The van der Waals surface area contributed by atoms with Crippen LogP contribution in [0.25, 0.3) is 0 Å². The Morgan fingerprint density at radius 1 is 1.25 bits per heavy atom. The zero-order valence-corrected chi connectivity index (χ0v) is 10.5. The van der Waals surface area contributed by atoms with Crippen LogP contribution in [0.15, 0.2) is 0 Å². The topological polar surface area (TPSA) is 34.1 Å². The summed E-state index contributed by atoms with van der Waals surface area (Å²) >= 11 is 0. The van der Waals surface area contributed by atoms with E-state index in [0.717, 1.165) is 38.5 Å². The van der Waals surface area contributed by atoms with Gasteiger partial charge in [-0.1, -0.05) is 26.2 Å². The van der Waals surface area contributed by atoms with Crippen molar-refractivity contribution in [2.75, 3.05) is 0 Å². The molecule has 0 bridgehead atoms. The summed E-state index contributed by atoms with van der Waals surface area (Å²) in [5.41, 5.74) is 0. The fourth-order valence-electron chi connectivity index (χ4n) is 2.38. The molecule has 0 saturated heterocycles. The number of rotatable bonds is 8. The molecule has 0 heterocycles. The summed E-state index contributed by atoms with van der Waals surface area (Å²) < 4.78 is 0. The number of carbonyl (C=O) groups excluding carboxylic acids is 2. The van der Waals surface area contributed by atoms with E-state index in [4.69, 9.17) is 0 Å². The van der Waals surface area contributed by atoms with E-state index in [0.29, 0.717) is 23.9 Å². The minimum absolute atomic E-state index is 0.389. The van der Waals surface area contributed by atoms with E-state index in [1.807, 2.05) is 0 Å². The van der Waals surface area contributed by atoms with Gasteiger partial charge in [0, 0.05) is 25.7 Å². The van der Waals surface area contributed by atoms with E-state index in [1.165, 1.54) is 19.3 Å². The minimum atomic E-state index is 0.389. The van der Waals surface area contributed by atoms with Gasteiger partial charge < -0.3 is 0 Å². The second kappa shape index (κ2) is 7.59. The molecule has 0 N–H and O–H groups in total. The second-order valence-corrected chi connectivity index (χ2v) is 5.04. The summed E-state index contributed by atoms with van der Waals surface area (Å²) in [6, 6.07) is 0. The van der Waals surface area contributed by atoms with Crippen molar-refractivity contribution in [1.82, 2.24) is 0 Å². The Balaban J connectivity index is 1.99. The van der Waals surface area contributed by atoms with Crippen molar-refractivity contribution >= 4 is 11.6 Å². The molecule has 1 aliphatic carbocycles. The zero-order valence-electron chi connectivity index (χ0n) is 10.5. The average Bonchev–Trinajstić information content (AvgIpc) is 2.68. The predicted octanol–water partition coefficient (Wildman–Crippen LogP) is 3.68. The van der Waals surface area contributed by atoms with Crippen molar-refractivity contribution in [3.8, 4) is 0 Å². The molecular weight excluding hydrogens is 200 g/mol. The maximum Gasteiger partial charge on any atom is 0.133 e. The van der Waals surface area contributed by atoms with E-state index in [1.54, 1.807) is 0 Å². The average molecular weight is 224 g/mol. The fraction of sp³-hybridized carbons (Fsp3) is 0.857. The lowest BCUT2D eigenvalue weighted by Crippen LogP contribution is -2.02. The van der Waals surface area contributed by atoms with Crippen LogP contribution in [0.1, 0.15) is 71.1 Å². The molecule has 1 rings (SSSR count). The molecule has 0 spiro atoms. The first-order chi connectivity index (χ1) is 7.72. The lowest BCUT2D eigenvalue weighted by molar-refractivity contribution is -0.120. The lowest BCUT2D eigenvalue weighted by atomic mass is 9.98. The molecule has 2 heteroatoms. The molecule has 1 saturated carbocycles. The Hall–Kier alpha value is -0.660. The Morgan fingerprint density at radius 3 is 2.69 bits per heavy atom. The van der Waals surface area contributed by atoms with Crippen molar-refractivity contribution < 1.29 is 9.59 Å². The summed E-state index contributed by atoms with van der Waals surface area (Å²) in [4.78, 5) is 22.6. The highest BCUT2D eigenvalue weighted by molar-refractivity contribution is 5.81. The third kappa shape index (κ3) is 5.43. The molecule has 0 aromatic heterocycles. The molecular formula is C14H24O2. The van der Waals surface area contributed by atoms with Gasteiger partial charge in [-0.3, -0.25) is 9.59 Å². The number of hydrogen-bond donors (Lipinski definition) is 0. The van der Waals surface area contributed by atoms with Gasteiger partial charge in [0.05, 0.1) is 0 Å². The van der Waals surface area contributed by atoms with Crippen LogP contribution >= 0.6 is 0 Å². The van der Waals surface area contributed by atoms with Crippen LogP contribution in [0.2, 0.25) is 0 Å². The molecule has 0 radical (unpaired) electrons. The highest BCUT2D eigenvalue weighted by atomic mass is 16.1. The Kier molecular flexibility index (Phi) is 6.36. The van der Waals surface area contributed by atoms with Crippen molar-refractivity contribution in [2.24, 2.45) is 5.92 Å². The molecule has 2 nitrogen and oxygen atoms in total. The van der Waals surface area contributed by atoms with Gasteiger partial charge in [-0.05, 0) is 25.2 Å². The van der Waals surface area contributed by atoms with Crippen LogP contribution in [0.4, 0.5) is 0 Å². The molecule has 1 fully saturated rings. The lowest BCUT2D eigenvalue weighted by Gasteiger charge is -2.06. The van der Waals surface area contributed by atoms with E-state index < -0.39 is 0 Å². The summed E-state index contributed by atoms with van der Waals surface area (Å²) in [5, 5.41) is 0. The number of hydrogen-bond acceptors (Lipinski definition) is 2. The monoisotopic (exact) mass is 224 g/mol. The van der Waals surface area contributed by atoms with Gasteiger partial charge in [-0.2, -0.15) is 0 Å². The molecule has 92 valence electrons. The summed E-state index contributed by atoms with van der Waals surface area (Å²) in [5.74, 6) is 1.29. The van der Waals surface area contributed by atoms with Crippen LogP contribution in [0.3, 0.4) is 0 Å². The second-order valence-electron chi connectivity index (χ2n) is 5.04. The summed E-state index contributed by atoms with van der Waals surface area (Å²) in [6.07, 6.45) is 9.58. The molecule has 1 unspecified atom stereocenters. The standard InChI is InChI=1S/C14H24O2/c1-2-3-4-5-6-13(15)9-7-12-8-10-14(16)11-12/h12H,2-11H2,1H3. The molecule has 0 aromatic carbocycles.